The van der Waals surface area contributed by atoms with Gasteiger partial charge < -0.3 is 29.2 Å². The second-order valence-electron chi connectivity index (χ2n) is 10.1. The molecule has 1 aliphatic carbocycles. The molecule has 6 atom stereocenters. The number of ether oxygens (including phenoxy) is 4. The Bertz CT molecular complexity index is 897. The number of epoxide rings is 2. The molecule has 180 valence electrons. The molecule has 1 aromatic heterocycles. The van der Waals surface area contributed by atoms with Crippen LogP contribution < -0.4 is 5.32 Å². The van der Waals surface area contributed by atoms with Gasteiger partial charge >= 0.3 is 6.09 Å². The molecule has 3 aliphatic heterocycles. The van der Waals surface area contributed by atoms with E-state index in [0.717, 1.165) is 19.3 Å². The molecule has 1 saturated carbocycles. The lowest BCUT2D eigenvalue weighted by atomic mass is 9.68. The molecule has 0 aromatic carbocycles. The highest BCUT2D eigenvalue weighted by Gasteiger charge is 2.72. The molecule has 4 heterocycles. The second kappa shape index (κ2) is 8.52. The van der Waals surface area contributed by atoms with Crippen molar-refractivity contribution in [1.82, 2.24) is 14.9 Å². The van der Waals surface area contributed by atoms with Crippen molar-refractivity contribution >= 4 is 12.0 Å². The van der Waals surface area contributed by atoms with Crippen molar-refractivity contribution in [3.05, 3.63) is 30.1 Å². The highest BCUT2D eigenvalue weighted by atomic mass is 16.6. The number of likely N-dealkylation sites (tertiary alicyclic amines) is 1. The fourth-order valence-corrected chi connectivity index (χ4v) is 5.55. The van der Waals surface area contributed by atoms with Crippen LogP contribution in [0, 0.1) is 5.92 Å². The van der Waals surface area contributed by atoms with E-state index in [1.807, 2.05) is 0 Å². The van der Waals surface area contributed by atoms with Crippen molar-refractivity contribution in [2.45, 2.75) is 75.6 Å². The molecule has 4 fully saturated rings. The largest absolute Gasteiger partial charge is 0.443 e. The van der Waals surface area contributed by atoms with Gasteiger partial charge in [0.2, 0.25) is 5.95 Å². The Morgan fingerprint density at radius 3 is 2.70 bits per heavy atom. The fourth-order valence-electron chi connectivity index (χ4n) is 5.55. The monoisotopic (exact) mass is 458 g/mol. The summed E-state index contributed by atoms with van der Waals surface area (Å²) in [6, 6.07) is 1.89. The summed E-state index contributed by atoms with van der Waals surface area (Å²) in [6.07, 6.45) is 7.28. The second-order valence-corrected chi connectivity index (χ2v) is 10.1. The molecular weight excluding hydrogens is 424 g/mol. The standard InChI is InChI=1S/C24H34N4O5/c1-15(2)6-7-18-23(3,33-18)20-19(30-4)17(8-9-24(20)14-31-24)32-22(29)28-12-16(13-28)27-21-25-10-5-11-26-21/h5-6,10-11,16-20H,7-9,12-14H2,1-4H3,(H,25,26,27)/t17-,18-,19-,20?,23+,24+/m1/s1. The van der Waals surface area contributed by atoms with E-state index in [9.17, 15) is 4.79 Å². The number of carbonyl (C=O) groups is 1. The summed E-state index contributed by atoms with van der Waals surface area (Å²) in [7, 11) is 1.69. The Balaban J connectivity index is 1.20. The van der Waals surface area contributed by atoms with E-state index in [1.54, 1.807) is 30.5 Å². The van der Waals surface area contributed by atoms with E-state index in [4.69, 9.17) is 18.9 Å². The molecule has 0 bridgehead atoms. The van der Waals surface area contributed by atoms with E-state index in [1.165, 1.54) is 5.57 Å². The quantitative estimate of drug-likeness (QED) is 0.492. The number of hydrogen-bond donors (Lipinski definition) is 1. The van der Waals surface area contributed by atoms with Crippen LogP contribution in [0.25, 0.3) is 0 Å². The number of carbonyl (C=O) groups excluding carboxylic acids is 1. The van der Waals surface area contributed by atoms with Crippen LogP contribution in [0.1, 0.15) is 40.0 Å². The number of rotatable bonds is 7. The summed E-state index contributed by atoms with van der Waals surface area (Å²) < 4.78 is 24.2. The highest BCUT2D eigenvalue weighted by Crippen LogP contribution is 2.59. The molecule has 5 rings (SSSR count). The predicted octanol–water partition coefficient (Wildman–Crippen LogP) is 2.79. The van der Waals surface area contributed by atoms with Gasteiger partial charge in [0.25, 0.3) is 0 Å². The lowest BCUT2D eigenvalue weighted by molar-refractivity contribution is -0.123. The highest BCUT2D eigenvalue weighted by molar-refractivity contribution is 5.69. The minimum absolute atomic E-state index is 0.0261. The maximum atomic E-state index is 12.9. The minimum atomic E-state index is -0.338. The van der Waals surface area contributed by atoms with Gasteiger partial charge in [-0.25, -0.2) is 14.8 Å². The molecular formula is C24H34N4O5. The van der Waals surface area contributed by atoms with Gasteiger partial charge in [-0.3, -0.25) is 0 Å². The van der Waals surface area contributed by atoms with Gasteiger partial charge in [-0.15, -0.1) is 0 Å². The summed E-state index contributed by atoms with van der Waals surface area (Å²) in [5, 5.41) is 3.23. The smallest absolute Gasteiger partial charge is 0.410 e. The Hall–Kier alpha value is -2.23. The van der Waals surface area contributed by atoms with Crippen molar-refractivity contribution < 1.29 is 23.7 Å². The fraction of sp³-hybridized carbons (Fsp3) is 0.708. The summed E-state index contributed by atoms with van der Waals surface area (Å²) >= 11 is 0. The molecule has 1 N–H and O–H groups in total. The van der Waals surface area contributed by atoms with Crippen molar-refractivity contribution in [3.63, 3.8) is 0 Å². The predicted molar refractivity (Wildman–Crippen MR) is 121 cm³/mol. The maximum absolute atomic E-state index is 12.9. The number of nitrogens with zero attached hydrogens (tertiary/aromatic N) is 3. The Kier molecular flexibility index (Phi) is 5.83. The average Bonchev–Trinajstić information content (AvgIpc) is 3.68. The van der Waals surface area contributed by atoms with Gasteiger partial charge in [-0.2, -0.15) is 0 Å². The van der Waals surface area contributed by atoms with Crippen LogP contribution in [0.3, 0.4) is 0 Å². The zero-order valence-electron chi connectivity index (χ0n) is 19.8. The van der Waals surface area contributed by atoms with Crippen LogP contribution in [0.5, 0.6) is 0 Å². The summed E-state index contributed by atoms with van der Waals surface area (Å²) in [5.41, 5.74) is 0.722. The van der Waals surface area contributed by atoms with Gasteiger partial charge in [-0.05, 0) is 46.1 Å². The summed E-state index contributed by atoms with van der Waals surface area (Å²) in [5.74, 6) is 0.596. The Morgan fingerprint density at radius 1 is 1.33 bits per heavy atom. The summed E-state index contributed by atoms with van der Waals surface area (Å²) in [6.45, 7) is 8.18. The molecule has 9 nitrogen and oxygen atoms in total. The topological polar surface area (TPSA) is 102 Å². The van der Waals surface area contributed by atoms with Gasteiger partial charge in [0, 0.05) is 32.6 Å². The van der Waals surface area contributed by atoms with Crippen LogP contribution in [0.2, 0.25) is 0 Å². The van der Waals surface area contributed by atoms with Gasteiger partial charge in [-0.1, -0.05) is 11.6 Å². The molecule has 9 heteroatoms. The zero-order valence-corrected chi connectivity index (χ0v) is 19.8. The third-order valence-corrected chi connectivity index (χ3v) is 7.53. The first-order chi connectivity index (χ1) is 15.8. The molecule has 1 spiro atoms. The van der Waals surface area contributed by atoms with Crippen LogP contribution in [0.4, 0.5) is 10.7 Å². The average molecular weight is 459 g/mol. The SMILES string of the molecule is CO[C@H]1C([C@@]2(C)O[C@@H]2CC=C(C)C)[C@]2(CC[C@H]1OC(=O)N1CC(Nc3ncccn3)C1)CO2. The molecule has 4 aliphatic rings. The normalized spacial score (nSPS) is 37.3. The first-order valence-corrected chi connectivity index (χ1v) is 11.8. The van der Waals surface area contributed by atoms with Gasteiger partial charge in [0.15, 0.2) is 0 Å². The number of amides is 1. The number of aromatic nitrogens is 2. The van der Waals surface area contributed by atoms with Crippen molar-refractivity contribution in [2.75, 3.05) is 32.1 Å². The van der Waals surface area contributed by atoms with Crippen LogP contribution in [-0.4, -0.2) is 83.3 Å². The molecule has 1 unspecified atom stereocenters. The van der Waals surface area contributed by atoms with Crippen LogP contribution in [-0.2, 0) is 18.9 Å². The molecule has 1 amide bonds. The number of methoxy groups -OCH3 is 1. The Labute approximate surface area is 194 Å². The summed E-state index contributed by atoms with van der Waals surface area (Å²) in [4.78, 5) is 22.9. The van der Waals surface area contributed by atoms with Gasteiger partial charge in [0.05, 0.1) is 24.7 Å². The molecule has 1 aromatic rings. The zero-order chi connectivity index (χ0) is 23.2. The lowest BCUT2D eigenvalue weighted by Gasteiger charge is -2.44. The van der Waals surface area contributed by atoms with E-state index < -0.39 is 0 Å². The van der Waals surface area contributed by atoms with Crippen molar-refractivity contribution in [3.8, 4) is 0 Å². The number of anilines is 1. The number of hydrogen-bond acceptors (Lipinski definition) is 8. The van der Waals surface area contributed by atoms with E-state index >= 15 is 0 Å². The maximum Gasteiger partial charge on any atom is 0.410 e. The molecule has 3 saturated heterocycles. The first-order valence-electron chi connectivity index (χ1n) is 11.8. The van der Waals surface area contributed by atoms with E-state index in [0.29, 0.717) is 25.6 Å². The first kappa shape index (κ1) is 22.6. The lowest BCUT2D eigenvalue weighted by Crippen LogP contribution is -2.60. The number of allylic oxidation sites excluding steroid dienone is 1. The van der Waals surface area contributed by atoms with Crippen LogP contribution >= 0.6 is 0 Å². The van der Waals surface area contributed by atoms with E-state index in [-0.39, 0.29) is 47.6 Å². The van der Waals surface area contributed by atoms with Crippen LogP contribution in [0.15, 0.2) is 30.1 Å². The third kappa shape index (κ3) is 4.34. The van der Waals surface area contributed by atoms with Crippen molar-refractivity contribution in [1.29, 1.82) is 0 Å². The Morgan fingerprint density at radius 2 is 2.06 bits per heavy atom. The van der Waals surface area contributed by atoms with Gasteiger partial charge in [0.1, 0.15) is 23.4 Å². The molecule has 33 heavy (non-hydrogen) atoms. The van der Waals surface area contributed by atoms with E-state index in [2.05, 4.69) is 42.1 Å². The molecule has 0 radical (unpaired) electrons. The van der Waals surface area contributed by atoms with Crippen molar-refractivity contribution in [2.24, 2.45) is 5.92 Å². The minimum Gasteiger partial charge on any atom is -0.443 e. The third-order valence-electron chi connectivity index (χ3n) is 7.53. The number of nitrogens with one attached hydrogen (secondary N) is 1.